The monoisotopic (exact) mass is 251 g/mol. The first kappa shape index (κ1) is 13.7. The zero-order valence-electron chi connectivity index (χ0n) is 5.81. The highest BCUT2D eigenvalue weighted by Gasteiger charge is 2.83. The van der Waals surface area contributed by atoms with Crippen molar-refractivity contribution in [3.63, 3.8) is 0 Å². The quantitative estimate of drug-likeness (QED) is 0.624. The van der Waals surface area contributed by atoms with Crippen molar-refractivity contribution in [1.82, 2.24) is 0 Å². The third-order valence-electron chi connectivity index (χ3n) is 1.18. The SMILES string of the molecule is FC(F)(F)C(F)(C(F)(F)F)C(F)(F)[S]. The number of alkyl halides is 9. The lowest BCUT2D eigenvalue weighted by atomic mass is 10.1. The van der Waals surface area contributed by atoms with Crippen LogP contribution in [0.1, 0.15) is 0 Å². The zero-order chi connectivity index (χ0) is 12.0. The van der Waals surface area contributed by atoms with Crippen LogP contribution in [0.2, 0.25) is 0 Å². The van der Waals surface area contributed by atoms with Gasteiger partial charge in [0.05, 0.1) is 0 Å². The van der Waals surface area contributed by atoms with Crippen LogP contribution in [0.15, 0.2) is 0 Å². The lowest BCUT2D eigenvalue weighted by Crippen LogP contribution is -2.62. The first-order valence-electron chi connectivity index (χ1n) is 2.65. The number of hydrogen-bond donors (Lipinski definition) is 0. The highest BCUT2D eigenvalue weighted by molar-refractivity contribution is 7.81. The van der Waals surface area contributed by atoms with E-state index in [0.29, 0.717) is 0 Å². The third kappa shape index (κ3) is 1.89. The van der Waals surface area contributed by atoms with Crippen molar-refractivity contribution in [2.24, 2.45) is 0 Å². The minimum Gasteiger partial charge on any atom is -0.215 e. The molecule has 0 amide bonds. The summed E-state index contributed by atoms with van der Waals surface area (Å²) in [7, 11) is 0. The summed E-state index contributed by atoms with van der Waals surface area (Å²) in [5.41, 5.74) is -6.71. The fourth-order valence-corrected chi connectivity index (χ4v) is 0.722. The summed E-state index contributed by atoms with van der Waals surface area (Å²) >= 11 is 2.57. The summed E-state index contributed by atoms with van der Waals surface area (Å²) in [5.74, 6) is 0. The topological polar surface area (TPSA) is 0 Å². The highest BCUT2D eigenvalue weighted by atomic mass is 32.1. The Morgan fingerprint density at radius 1 is 0.571 bits per heavy atom. The molecule has 0 saturated heterocycles. The van der Waals surface area contributed by atoms with Crippen LogP contribution in [0.4, 0.5) is 39.5 Å². The summed E-state index contributed by atoms with van der Waals surface area (Å²) in [5, 5.41) is -6.01. The molecule has 1 radical (unpaired) electrons. The van der Waals surface area contributed by atoms with Crippen LogP contribution >= 0.6 is 12.6 Å². The van der Waals surface area contributed by atoms with Gasteiger partial charge in [-0.05, 0) is 12.6 Å². The van der Waals surface area contributed by atoms with Crippen LogP contribution in [-0.2, 0) is 0 Å². The molecule has 0 spiro atoms. The minimum absolute atomic E-state index is 2.57. The maximum absolute atomic E-state index is 12.2. The van der Waals surface area contributed by atoms with Gasteiger partial charge in [-0.25, -0.2) is 4.39 Å². The van der Waals surface area contributed by atoms with Crippen molar-refractivity contribution in [3.8, 4) is 0 Å². The van der Waals surface area contributed by atoms with Crippen molar-refractivity contribution < 1.29 is 39.5 Å². The van der Waals surface area contributed by atoms with E-state index in [2.05, 4.69) is 12.6 Å². The summed E-state index contributed by atoms with van der Waals surface area (Å²) < 4.78 is 104. The van der Waals surface area contributed by atoms with E-state index in [9.17, 15) is 39.5 Å². The first-order valence-corrected chi connectivity index (χ1v) is 3.06. The Labute approximate surface area is 76.5 Å². The van der Waals surface area contributed by atoms with Crippen molar-refractivity contribution >= 4 is 12.6 Å². The van der Waals surface area contributed by atoms with E-state index in [1.165, 1.54) is 0 Å². The molecule has 0 saturated carbocycles. The van der Waals surface area contributed by atoms with Crippen molar-refractivity contribution in [1.29, 1.82) is 0 Å². The fraction of sp³-hybridized carbons (Fsp3) is 1.00. The Kier molecular flexibility index (Phi) is 3.04. The largest absolute Gasteiger partial charge is 0.438 e. The number of halogens is 9. The minimum atomic E-state index is -6.82. The molecule has 0 bridgehead atoms. The predicted octanol–water partition coefficient (Wildman–Crippen LogP) is 3.61. The van der Waals surface area contributed by atoms with E-state index < -0.39 is 23.3 Å². The van der Waals surface area contributed by atoms with Gasteiger partial charge < -0.3 is 0 Å². The van der Waals surface area contributed by atoms with E-state index in [1.807, 2.05) is 0 Å². The molecule has 0 aromatic rings. The molecule has 0 heterocycles. The van der Waals surface area contributed by atoms with E-state index in [4.69, 9.17) is 0 Å². The van der Waals surface area contributed by atoms with Crippen LogP contribution in [0, 0.1) is 0 Å². The normalized spacial score (nSPS) is 15.9. The van der Waals surface area contributed by atoms with Crippen molar-refractivity contribution in [3.05, 3.63) is 0 Å². The van der Waals surface area contributed by atoms with Crippen molar-refractivity contribution in [2.45, 2.75) is 23.3 Å². The Morgan fingerprint density at radius 2 is 0.786 bits per heavy atom. The molecule has 0 N–H and O–H groups in total. The molecule has 0 atom stereocenters. The van der Waals surface area contributed by atoms with Gasteiger partial charge in [0.25, 0.3) is 0 Å². The van der Waals surface area contributed by atoms with Gasteiger partial charge in [0.2, 0.25) is 0 Å². The zero-order valence-corrected chi connectivity index (χ0v) is 6.63. The fourth-order valence-electron chi connectivity index (χ4n) is 0.491. The average molecular weight is 251 g/mol. The molecule has 0 fully saturated rings. The summed E-state index contributed by atoms with van der Waals surface area (Å²) in [6.45, 7) is 0. The summed E-state index contributed by atoms with van der Waals surface area (Å²) in [4.78, 5) is 0. The molecule has 0 rings (SSSR count). The van der Waals surface area contributed by atoms with Gasteiger partial charge in [0, 0.05) is 0 Å². The predicted molar refractivity (Wildman–Crippen MR) is 28.5 cm³/mol. The molecular formula is C4F9S. The van der Waals surface area contributed by atoms with E-state index >= 15 is 0 Å². The van der Waals surface area contributed by atoms with Crippen LogP contribution in [0.5, 0.6) is 0 Å². The smallest absolute Gasteiger partial charge is 0.215 e. The van der Waals surface area contributed by atoms with Gasteiger partial charge in [0.15, 0.2) is 0 Å². The molecule has 14 heavy (non-hydrogen) atoms. The molecule has 85 valence electrons. The summed E-state index contributed by atoms with van der Waals surface area (Å²) in [6.07, 6.45) is -13.6. The second-order valence-electron chi connectivity index (χ2n) is 2.17. The van der Waals surface area contributed by atoms with E-state index in [0.717, 1.165) is 0 Å². The van der Waals surface area contributed by atoms with Crippen LogP contribution in [0.3, 0.4) is 0 Å². The molecular weight excluding hydrogens is 251 g/mol. The molecule has 10 heteroatoms. The van der Waals surface area contributed by atoms with Gasteiger partial charge in [0.1, 0.15) is 0 Å². The first-order chi connectivity index (χ1) is 5.75. The molecule has 0 aliphatic carbocycles. The molecule has 0 aliphatic rings. The van der Waals surface area contributed by atoms with Crippen molar-refractivity contribution in [2.75, 3.05) is 0 Å². The van der Waals surface area contributed by atoms with E-state index in [-0.39, 0.29) is 0 Å². The molecule has 0 aromatic heterocycles. The number of rotatable bonds is 1. The van der Waals surface area contributed by atoms with E-state index in [1.54, 1.807) is 0 Å². The Balaban J connectivity index is 5.54. The van der Waals surface area contributed by atoms with Crippen LogP contribution < -0.4 is 0 Å². The second-order valence-corrected chi connectivity index (χ2v) is 2.68. The van der Waals surface area contributed by atoms with Gasteiger partial charge in [-0.3, -0.25) is 0 Å². The average Bonchev–Trinajstić information content (AvgIpc) is 1.77. The van der Waals surface area contributed by atoms with Crippen LogP contribution in [-0.4, -0.2) is 23.3 Å². The van der Waals surface area contributed by atoms with Gasteiger partial charge in [-0.2, -0.15) is 35.1 Å². The Morgan fingerprint density at radius 3 is 0.786 bits per heavy atom. The van der Waals surface area contributed by atoms with Gasteiger partial charge in [-0.1, -0.05) is 0 Å². The maximum Gasteiger partial charge on any atom is 0.438 e. The molecule has 0 aromatic carbocycles. The number of hydrogen-bond acceptors (Lipinski definition) is 0. The Bertz CT molecular complexity index is 170. The summed E-state index contributed by atoms with van der Waals surface area (Å²) in [6, 6.07) is 0. The lowest BCUT2D eigenvalue weighted by molar-refractivity contribution is -0.377. The molecule has 0 unspecified atom stereocenters. The maximum atomic E-state index is 12.2. The molecule has 0 nitrogen and oxygen atoms in total. The highest BCUT2D eigenvalue weighted by Crippen LogP contribution is 2.55. The molecule has 0 aliphatic heterocycles. The van der Waals surface area contributed by atoms with Crippen LogP contribution in [0.25, 0.3) is 0 Å². The standard InChI is InChI=1S/C4F9S/c5-1(2(6,7)8,3(9,10)11)4(12,13)14. The Hall–Kier alpha value is -0.280. The second kappa shape index (κ2) is 3.11. The third-order valence-corrected chi connectivity index (χ3v) is 1.46. The lowest BCUT2D eigenvalue weighted by Gasteiger charge is -2.32. The van der Waals surface area contributed by atoms with Gasteiger partial charge in [-0.15, -0.1) is 0 Å². The van der Waals surface area contributed by atoms with Gasteiger partial charge >= 0.3 is 23.3 Å².